The predicted molar refractivity (Wildman–Crippen MR) is 57.5 cm³/mol. The average molecular weight is 226 g/mol. The molecule has 0 aliphatic heterocycles. The zero-order chi connectivity index (χ0) is 11.8. The van der Waals surface area contributed by atoms with Gasteiger partial charge >= 0.3 is 0 Å². The van der Waals surface area contributed by atoms with Crippen molar-refractivity contribution in [1.82, 2.24) is 10.3 Å². The SMILES string of the molecule is O=C(NCCCCCO)c1ccncc1F. The maximum absolute atomic E-state index is 13.1. The minimum Gasteiger partial charge on any atom is -0.396 e. The number of rotatable bonds is 6. The van der Waals surface area contributed by atoms with Gasteiger partial charge in [-0.1, -0.05) is 0 Å². The standard InChI is InChI=1S/C11H15FN2O2/c12-10-8-13-6-4-9(10)11(16)14-5-2-1-3-7-15/h4,6,8,15H,1-3,5,7H2,(H,14,16). The molecule has 0 unspecified atom stereocenters. The van der Waals surface area contributed by atoms with Crippen molar-refractivity contribution in [3.05, 3.63) is 29.8 Å². The smallest absolute Gasteiger partial charge is 0.254 e. The molecule has 16 heavy (non-hydrogen) atoms. The Labute approximate surface area is 93.5 Å². The molecule has 1 heterocycles. The number of nitrogens with one attached hydrogen (secondary N) is 1. The molecule has 0 aliphatic carbocycles. The molecule has 1 amide bonds. The number of hydrogen-bond donors (Lipinski definition) is 2. The molecule has 0 aromatic carbocycles. The van der Waals surface area contributed by atoms with Gasteiger partial charge in [-0.15, -0.1) is 0 Å². The number of carbonyl (C=O) groups excluding carboxylic acids is 1. The van der Waals surface area contributed by atoms with Crippen molar-refractivity contribution in [2.24, 2.45) is 0 Å². The lowest BCUT2D eigenvalue weighted by molar-refractivity contribution is 0.0948. The number of hydrogen-bond acceptors (Lipinski definition) is 3. The summed E-state index contributed by atoms with van der Waals surface area (Å²) in [6.07, 6.45) is 4.73. The number of halogens is 1. The lowest BCUT2D eigenvalue weighted by Crippen LogP contribution is -2.25. The van der Waals surface area contributed by atoms with Crippen LogP contribution in [0.25, 0.3) is 0 Å². The van der Waals surface area contributed by atoms with Crippen LogP contribution in [0.3, 0.4) is 0 Å². The summed E-state index contributed by atoms with van der Waals surface area (Å²) < 4.78 is 13.1. The quantitative estimate of drug-likeness (QED) is 0.714. The van der Waals surface area contributed by atoms with E-state index in [1.54, 1.807) is 0 Å². The molecule has 88 valence electrons. The fourth-order valence-corrected chi connectivity index (χ4v) is 1.27. The van der Waals surface area contributed by atoms with Gasteiger partial charge in [-0.25, -0.2) is 4.39 Å². The number of pyridine rings is 1. The van der Waals surface area contributed by atoms with Gasteiger partial charge < -0.3 is 10.4 Å². The van der Waals surface area contributed by atoms with Crippen LogP contribution in [-0.4, -0.2) is 29.1 Å². The monoisotopic (exact) mass is 226 g/mol. The van der Waals surface area contributed by atoms with E-state index in [0.717, 1.165) is 25.5 Å². The molecule has 0 spiro atoms. The number of carbonyl (C=O) groups is 1. The van der Waals surface area contributed by atoms with E-state index in [-0.39, 0.29) is 12.2 Å². The summed E-state index contributed by atoms with van der Waals surface area (Å²) in [6.45, 7) is 0.646. The molecule has 0 atom stereocenters. The van der Waals surface area contributed by atoms with Gasteiger partial charge in [0.2, 0.25) is 0 Å². The van der Waals surface area contributed by atoms with Gasteiger partial charge in [0.25, 0.3) is 5.91 Å². The highest BCUT2D eigenvalue weighted by Gasteiger charge is 2.09. The van der Waals surface area contributed by atoms with Crippen LogP contribution >= 0.6 is 0 Å². The summed E-state index contributed by atoms with van der Waals surface area (Å²) in [5, 5.41) is 11.2. The fraction of sp³-hybridized carbons (Fsp3) is 0.455. The third kappa shape index (κ3) is 3.94. The van der Waals surface area contributed by atoms with Gasteiger partial charge in [-0.2, -0.15) is 0 Å². The first-order valence-electron chi connectivity index (χ1n) is 5.24. The Balaban J connectivity index is 2.33. The molecule has 0 fully saturated rings. The van der Waals surface area contributed by atoms with E-state index in [1.165, 1.54) is 12.3 Å². The van der Waals surface area contributed by atoms with Crippen LogP contribution in [0.2, 0.25) is 0 Å². The van der Waals surface area contributed by atoms with Crippen molar-refractivity contribution in [2.75, 3.05) is 13.2 Å². The number of aliphatic hydroxyl groups is 1. The summed E-state index contributed by atoms with van der Waals surface area (Å²) in [6, 6.07) is 1.35. The highest BCUT2D eigenvalue weighted by molar-refractivity contribution is 5.94. The topological polar surface area (TPSA) is 62.2 Å². The van der Waals surface area contributed by atoms with Gasteiger partial charge in [-0.3, -0.25) is 9.78 Å². The second-order valence-electron chi connectivity index (χ2n) is 3.40. The maximum atomic E-state index is 13.1. The Morgan fingerprint density at radius 1 is 1.44 bits per heavy atom. The molecule has 4 nitrogen and oxygen atoms in total. The molecular formula is C11H15FN2O2. The van der Waals surface area contributed by atoms with Crippen molar-refractivity contribution in [1.29, 1.82) is 0 Å². The minimum atomic E-state index is -0.615. The van der Waals surface area contributed by atoms with E-state index < -0.39 is 11.7 Å². The van der Waals surface area contributed by atoms with E-state index >= 15 is 0 Å². The third-order valence-corrected chi connectivity index (χ3v) is 2.14. The van der Waals surface area contributed by atoms with Crippen molar-refractivity contribution in [3.63, 3.8) is 0 Å². The summed E-state index contributed by atoms with van der Waals surface area (Å²) in [4.78, 5) is 15.0. The third-order valence-electron chi connectivity index (χ3n) is 2.14. The molecule has 1 rings (SSSR count). The average Bonchev–Trinajstić information content (AvgIpc) is 2.29. The summed E-state index contributed by atoms with van der Waals surface area (Å²) >= 11 is 0. The van der Waals surface area contributed by atoms with Crippen LogP contribution in [0, 0.1) is 5.82 Å². The largest absolute Gasteiger partial charge is 0.396 e. The van der Waals surface area contributed by atoms with Crippen LogP contribution in [0.5, 0.6) is 0 Å². The van der Waals surface area contributed by atoms with Crippen LogP contribution in [0.4, 0.5) is 4.39 Å². The number of amides is 1. The van der Waals surface area contributed by atoms with E-state index in [2.05, 4.69) is 10.3 Å². The normalized spacial score (nSPS) is 10.1. The fourth-order valence-electron chi connectivity index (χ4n) is 1.27. The first-order chi connectivity index (χ1) is 7.75. The number of unbranched alkanes of at least 4 members (excludes halogenated alkanes) is 2. The summed E-state index contributed by atoms with van der Waals surface area (Å²) in [5.41, 5.74) is 0.0113. The predicted octanol–water partition coefficient (Wildman–Crippen LogP) is 1.11. The first kappa shape index (κ1) is 12.6. The van der Waals surface area contributed by atoms with Crippen molar-refractivity contribution >= 4 is 5.91 Å². The van der Waals surface area contributed by atoms with E-state index in [0.29, 0.717) is 6.54 Å². The van der Waals surface area contributed by atoms with Gasteiger partial charge in [0.15, 0.2) is 5.82 Å². The molecule has 1 aromatic rings. The Morgan fingerprint density at radius 3 is 2.94 bits per heavy atom. The molecule has 0 aliphatic rings. The van der Waals surface area contributed by atoms with Crippen molar-refractivity contribution in [2.45, 2.75) is 19.3 Å². The molecule has 1 aromatic heterocycles. The van der Waals surface area contributed by atoms with Crippen LogP contribution in [0.1, 0.15) is 29.6 Å². The number of aromatic nitrogens is 1. The van der Waals surface area contributed by atoms with Gasteiger partial charge in [0.1, 0.15) is 0 Å². The van der Waals surface area contributed by atoms with Gasteiger partial charge in [0.05, 0.1) is 11.8 Å². The second-order valence-corrected chi connectivity index (χ2v) is 3.40. The Bertz CT molecular complexity index is 345. The van der Waals surface area contributed by atoms with E-state index in [1.807, 2.05) is 0 Å². The van der Waals surface area contributed by atoms with E-state index in [4.69, 9.17) is 5.11 Å². The highest BCUT2D eigenvalue weighted by Crippen LogP contribution is 2.03. The van der Waals surface area contributed by atoms with E-state index in [9.17, 15) is 9.18 Å². The molecule has 5 heteroatoms. The van der Waals surface area contributed by atoms with Crippen LogP contribution in [-0.2, 0) is 0 Å². The summed E-state index contributed by atoms with van der Waals surface area (Å²) in [7, 11) is 0. The van der Waals surface area contributed by atoms with Crippen molar-refractivity contribution < 1.29 is 14.3 Å². The van der Waals surface area contributed by atoms with Crippen LogP contribution in [0.15, 0.2) is 18.5 Å². The van der Waals surface area contributed by atoms with Crippen LogP contribution < -0.4 is 5.32 Å². The zero-order valence-corrected chi connectivity index (χ0v) is 8.95. The molecular weight excluding hydrogens is 211 g/mol. The Hall–Kier alpha value is -1.49. The zero-order valence-electron chi connectivity index (χ0n) is 8.95. The molecule has 0 saturated carbocycles. The molecule has 0 bridgehead atoms. The van der Waals surface area contributed by atoms with Crippen molar-refractivity contribution in [3.8, 4) is 0 Å². The lowest BCUT2D eigenvalue weighted by Gasteiger charge is -2.05. The second kappa shape index (κ2) is 6.90. The minimum absolute atomic E-state index is 0.0113. The maximum Gasteiger partial charge on any atom is 0.254 e. The number of nitrogens with zero attached hydrogens (tertiary/aromatic N) is 1. The van der Waals surface area contributed by atoms with Gasteiger partial charge in [-0.05, 0) is 25.3 Å². The summed E-state index contributed by atoms with van der Waals surface area (Å²) in [5.74, 6) is -1.04. The molecule has 0 saturated heterocycles. The molecule has 0 radical (unpaired) electrons. The number of aliphatic hydroxyl groups excluding tert-OH is 1. The highest BCUT2D eigenvalue weighted by atomic mass is 19.1. The Kier molecular flexibility index (Phi) is 5.42. The van der Waals surface area contributed by atoms with Gasteiger partial charge in [0, 0.05) is 19.3 Å². The Morgan fingerprint density at radius 2 is 2.25 bits per heavy atom. The lowest BCUT2D eigenvalue weighted by atomic mass is 10.2. The molecule has 2 N–H and O–H groups in total. The first-order valence-corrected chi connectivity index (χ1v) is 5.24.